The number of nitrogens with zero attached hydrogens (tertiary/aromatic N) is 2. The van der Waals surface area contributed by atoms with Gasteiger partial charge in [-0.2, -0.15) is 0 Å². The van der Waals surface area contributed by atoms with E-state index in [1.54, 1.807) is 0 Å². The normalized spacial score (nSPS) is 11.3. The van der Waals surface area contributed by atoms with E-state index in [0.29, 0.717) is 24.0 Å². The molecule has 0 spiro atoms. The number of primary amides is 1. The van der Waals surface area contributed by atoms with E-state index < -0.39 is 5.91 Å². The van der Waals surface area contributed by atoms with Gasteiger partial charge in [0.15, 0.2) is 0 Å². The highest BCUT2D eigenvalue weighted by atomic mass is 16.6. The lowest BCUT2D eigenvalue weighted by molar-refractivity contribution is -0.116. The number of rotatable bonds is 10. The standard InChI is InChI=1S/C27H25N3O4/c1-19-25(29-27(34-19)22-10-6-3-7-11-22)18-32-23-14-12-20(13-15-23)17-33-30-24(16-26(28)31)21-8-4-2-5-9-21/h2-15H,16-18H2,1H3,(H2,28,31)/b30-24-. The number of amides is 1. The van der Waals surface area contributed by atoms with Crippen molar-refractivity contribution in [3.05, 3.63) is 108 Å². The molecular weight excluding hydrogens is 430 g/mol. The molecule has 1 heterocycles. The molecule has 0 atom stereocenters. The first-order valence-corrected chi connectivity index (χ1v) is 10.8. The predicted molar refractivity (Wildman–Crippen MR) is 129 cm³/mol. The summed E-state index contributed by atoms with van der Waals surface area (Å²) >= 11 is 0. The van der Waals surface area contributed by atoms with Crippen molar-refractivity contribution in [3.8, 4) is 17.2 Å². The van der Waals surface area contributed by atoms with Gasteiger partial charge >= 0.3 is 0 Å². The second-order valence-corrected chi connectivity index (χ2v) is 7.64. The van der Waals surface area contributed by atoms with E-state index in [2.05, 4.69) is 10.1 Å². The first kappa shape index (κ1) is 22.8. The number of hydrogen-bond acceptors (Lipinski definition) is 6. The number of oxime groups is 1. The SMILES string of the molecule is Cc1oc(-c2ccccc2)nc1COc1ccc(CO/N=C(/CC(N)=O)c2ccccc2)cc1. The molecule has 0 aliphatic carbocycles. The quantitative estimate of drug-likeness (QED) is 0.267. The third-order valence-electron chi connectivity index (χ3n) is 5.07. The number of benzene rings is 3. The lowest BCUT2D eigenvalue weighted by Gasteiger charge is -2.07. The van der Waals surface area contributed by atoms with Crippen LogP contribution in [0.5, 0.6) is 5.75 Å². The predicted octanol–water partition coefficient (Wildman–Crippen LogP) is 5.03. The molecule has 0 radical (unpaired) electrons. The molecule has 0 unspecified atom stereocenters. The maximum Gasteiger partial charge on any atom is 0.226 e. The minimum atomic E-state index is -0.467. The van der Waals surface area contributed by atoms with Crippen LogP contribution in [-0.4, -0.2) is 16.6 Å². The molecule has 0 fully saturated rings. The largest absolute Gasteiger partial charge is 0.487 e. The fourth-order valence-electron chi connectivity index (χ4n) is 3.27. The van der Waals surface area contributed by atoms with Gasteiger partial charge in [0.25, 0.3) is 0 Å². The molecule has 7 heteroatoms. The molecule has 0 bridgehead atoms. The van der Waals surface area contributed by atoms with Crippen molar-refractivity contribution in [2.24, 2.45) is 10.9 Å². The van der Waals surface area contributed by atoms with Gasteiger partial charge in [-0.1, -0.05) is 65.8 Å². The summed E-state index contributed by atoms with van der Waals surface area (Å²) in [5.74, 6) is 1.54. The van der Waals surface area contributed by atoms with Crippen LogP contribution in [0.3, 0.4) is 0 Å². The molecule has 1 aromatic heterocycles. The Bertz CT molecular complexity index is 1250. The Morgan fingerprint density at radius 1 is 0.941 bits per heavy atom. The molecule has 34 heavy (non-hydrogen) atoms. The smallest absolute Gasteiger partial charge is 0.226 e. The van der Waals surface area contributed by atoms with E-state index in [1.807, 2.05) is 91.9 Å². The van der Waals surface area contributed by atoms with Gasteiger partial charge in [-0.3, -0.25) is 4.79 Å². The van der Waals surface area contributed by atoms with Crippen LogP contribution in [0.25, 0.3) is 11.5 Å². The molecule has 3 aromatic carbocycles. The summed E-state index contributed by atoms with van der Waals surface area (Å²) in [5.41, 5.74) is 9.22. The lowest BCUT2D eigenvalue weighted by atomic mass is 10.1. The second kappa shape index (κ2) is 11.0. The summed E-state index contributed by atoms with van der Waals surface area (Å²) in [7, 11) is 0. The number of carbonyl (C=O) groups is 1. The van der Waals surface area contributed by atoms with Gasteiger partial charge in [-0.05, 0) is 42.3 Å². The first-order chi connectivity index (χ1) is 16.6. The Hall–Kier alpha value is -4.39. The molecular formula is C27H25N3O4. The Balaban J connectivity index is 1.33. The Morgan fingerprint density at radius 3 is 2.29 bits per heavy atom. The topological polar surface area (TPSA) is 99.9 Å². The maximum absolute atomic E-state index is 11.4. The van der Waals surface area contributed by atoms with Crippen molar-refractivity contribution in [1.29, 1.82) is 0 Å². The van der Waals surface area contributed by atoms with Crippen molar-refractivity contribution in [3.63, 3.8) is 0 Å². The third kappa shape index (κ3) is 6.10. The number of aromatic nitrogens is 1. The highest BCUT2D eigenvalue weighted by molar-refractivity contribution is 6.09. The van der Waals surface area contributed by atoms with Crippen LogP contribution in [0.1, 0.15) is 29.0 Å². The van der Waals surface area contributed by atoms with Gasteiger partial charge in [0.1, 0.15) is 30.4 Å². The van der Waals surface area contributed by atoms with E-state index >= 15 is 0 Å². The van der Waals surface area contributed by atoms with Gasteiger partial charge < -0.3 is 19.7 Å². The van der Waals surface area contributed by atoms with Crippen LogP contribution in [0.15, 0.2) is 94.5 Å². The molecule has 172 valence electrons. The lowest BCUT2D eigenvalue weighted by Crippen LogP contribution is -2.17. The summed E-state index contributed by atoms with van der Waals surface area (Å²) < 4.78 is 11.7. The van der Waals surface area contributed by atoms with Gasteiger partial charge in [0.2, 0.25) is 11.8 Å². The van der Waals surface area contributed by atoms with Crippen molar-refractivity contribution < 1.29 is 18.8 Å². The molecule has 1 amide bonds. The van der Waals surface area contributed by atoms with Crippen molar-refractivity contribution in [2.75, 3.05) is 0 Å². The van der Waals surface area contributed by atoms with Crippen LogP contribution in [0.4, 0.5) is 0 Å². The Morgan fingerprint density at radius 2 is 1.62 bits per heavy atom. The van der Waals surface area contributed by atoms with Crippen LogP contribution < -0.4 is 10.5 Å². The number of nitrogens with two attached hydrogens (primary N) is 1. The summed E-state index contributed by atoms with van der Waals surface area (Å²) in [5, 5.41) is 4.13. The molecule has 7 nitrogen and oxygen atoms in total. The van der Waals surface area contributed by atoms with E-state index in [9.17, 15) is 4.79 Å². The summed E-state index contributed by atoms with van der Waals surface area (Å²) in [6, 6.07) is 26.6. The van der Waals surface area contributed by atoms with Crippen LogP contribution in [0.2, 0.25) is 0 Å². The number of aryl methyl sites for hydroxylation is 1. The average molecular weight is 456 g/mol. The van der Waals surface area contributed by atoms with E-state index in [1.165, 1.54) is 0 Å². The number of hydrogen-bond donors (Lipinski definition) is 1. The zero-order chi connectivity index (χ0) is 23.8. The van der Waals surface area contributed by atoms with Gasteiger partial charge in [-0.15, -0.1) is 0 Å². The zero-order valence-electron chi connectivity index (χ0n) is 18.8. The zero-order valence-corrected chi connectivity index (χ0v) is 18.8. The summed E-state index contributed by atoms with van der Waals surface area (Å²) in [6.45, 7) is 2.43. The first-order valence-electron chi connectivity index (χ1n) is 10.8. The highest BCUT2D eigenvalue weighted by Gasteiger charge is 2.12. The number of ether oxygens (including phenoxy) is 1. The van der Waals surface area contributed by atoms with E-state index in [0.717, 1.165) is 28.1 Å². The van der Waals surface area contributed by atoms with Gasteiger partial charge in [0.05, 0.1) is 12.1 Å². The summed E-state index contributed by atoms with van der Waals surface area (Å²) in [6.07, 6.45) is 0.00421. The fraction of sp³-hybridized carbons (Fsp3) is 0.148. The minimum absolute atomic E-state index is 0.00421. The Kier molecular flexibility index (Phi) is 7.35. The monoisotopic (exact) mass is 455 g/mol. The van der Waals surface area contributed by atoms with E-state index in [-0.39, 0.29) is 13.0 Å². The number of oxazole rings is 1. The Labute approximate surface area is 197 Å². The summed E-state index contributed by atoms with van der Waals surface area (Å²) in [4.78, 5) is 21.4. The fourth-order valence-corrected chi connectivity index (χ4v) is 3.27. The third-order valence-corrected chi connectivity index (χ3v) is 5.07. The number of carbonyl (C=O) groups excluding carboxylic acids is 1. The van der Waals surface area contributed by atoms with Gasteiger partial charge in [-0.25, -0.2) is 4.98 Å². The van der Waals surface area contributed by atoms with Crippen molar-refractivity contribution >= 4 is 11.6 Å². The van der Waals surface area contributed by atoms with Crippen LogP contribution >= 0.6 is 0 Å². The van der Waals surface area contributed by atoms with Crippen LogP contribution in [0, 0.1) is 6.92 Å². The molecule has 4 aromatic rings. The maximum atomic E-state index is 11.4. The van der Waals surface area contributed by atoms with Crippen molar-refractivity contribution in [2.45, 2.75) is 26.6 Å². The molecule has 0 saturated carbocycles. The molecule has 0 saturated heterocycles. The second-order valence-electron chi connectivity index (χ2n) is 7.64. The molecule has 0 aliphatic rings. The minimum Gasteiger partial charge on any atom is -0.487 e. The molecule has 2 N–H and O–H groups in total. The molecule has 0 aliphatic heterocycles. The van der Waals surface area contributed by atoms with Crippen molar-refractivity contribution in [1.82, 2.24) is 4.98 Å². The average Bonchev–Trinajstić information content (AvgIpc) is 3.24. The van der Waals surface area contributed by atoms with E-state index in [4.69, 9.17) is 19.7 Å². The molecule has 4 rings (SSSR count). The highest BCUT2D eigenvalue weighted by Crippen LogP contribution is 2.23. The van der Waals surface area contributed by atoms with Crippen LogP contribution in [-0.2, 0) is 22.8 Å². The van der Waals surface area contributed by atoms with Gasteiger partial charge in [0, 0.05) is 5.56 Å².